The lowest BCUT2D eigenvalue weighted by molar-refractivity contribution is -0.384. The fourth-order valence-corrected chi connectivity index (χ4v) is 2.44. The van der Waals surface area contributed by atoms with E-state index in [4.69, 9.17) is 4.42 Å². The maximum Gasteiger partial charge on any atom is 0.291 e. The first-order valence-corrected chi connectivity index (χ1v) is 8.52. The number of nitrogens with one attached hydrogen (secondary N) is 2. The fraction of sp³-hybridized carbons (Fsp3) is 0.100. The topological polar surface area (TPSA) is 114 Å². The number of rotatable bonds is 6. The second kappa shape index (κ2) is 8.17. The first kappa shape index (κ1) is 18.8. The van der Waals surface area contributed by atoms with Gasteiger partial charge in [0.1, 0.15) is 5.76 Å². The molecule has 0 bridgehead atoms. The molecule has 0 aliphatic rings. The quantitative estimate of drug-likeness (QED) is 0.485. The summed E-state index contributed by atoms with van der Waals surface area (Å²) in [7, 11) is 0. The molecule has 0 radical (unpaired) electrons. The van der Waals surface area contributed by atoms with Crippen LogP contribution in [-0.4, -0.2) is 16.7 Å². The highest BCUT2D eigenvalue weighted by molar-refractivity contribution is 6.02. The van der Waals surface area contributed by atoms with E-state index in [0.717, 1.165) is 0 Å². The average Bonchev–Trinajstić information content (AvgIpc) is 3.20. The number of furan rings is 1. The third kappa shape index (κ3) is 4.42. The van der Waals surface area contributed by atoms with Crippen LogP contribution < -0.4 is 10.6 Å². The van der Waals surface area contributed by atoms with Crippen molar-refractivity contribution in [3.05, 3.63) is 76.5 Å². The van der Waals surface area contributed by atoms with Crippen molar-refractivity contribution in [2.75, 3.05) is 10.6 Å². The lowest BCUT2D eigenvalue weighted by Gasteiger charge is -2.06. The van der Waals surface area contributed by atoms with Crippen molar-refractivity contribution in [3.8, 4) is 11.3 Å². The molecule has 142 valence electrons. The molecule has 0 saturated carbocycles. The summed E-state index contributed by atoms with van der Waals surface area (Å²) in [5, 5.41) is 16.1. The van der Waals surface area contributed by atoms with Crippen LogP contribution in [0.1, 0.15) is 23.9 Å². The summed E-state index contributed by atoms with van der Waals surface area (Å²) in [5.41, 5.74) is 1.80. The Balaban J connectivity index is 1.67. The van der Waals surface area contributed by atoms with Crippen LogP contribution in [0.4, 0.5) is 17.1 Å². The van der Waals surface area contributed by atoms with Crippen molar-refractivity contribution < 1.29 is 18.9 Å². The highest BCUT2D eigenvalue weighted by Crippen LogP contribution is 2.25. The Morgan fingerprint density at radius 1 is 0.929 bits per heavy atom. The first-order chi connectivity index (χ1) is 13.5. The van der Waals surface area contributed by atoms with Gasteiger partial charge in [0.25, 0.3) is 11.6 Å². The van der Waals surface area contributed by atoms with Gasteiger partial charge in [-0.05, 0) is 48.5 Å². The molecular formula is C20H17N3O5. The number of non-ortho nitro benzene ring substituents is 1. The van der Waals surface area contributed by atoms with Gasteiger partial charge in [0, 0.05) is 35.5 Å². The molecule has 2 amide bonds. The molecule has 8 heteroatoms. The van der Waals surface area contributed by atoms with E-state index >= 15 is 0 Å². The second-order valence-electron chi connectivity index (χ2n) is 5.90. The first-order valence-electron chi connectivity index (χ1n) is 8.52. The maximum absolute atomic E-state index is 12.3. The Bertz CT molecular complexity index is 1010. The van der Waals surface area contributed by atoms with Gasteiger partial charge < -0.3 is 15.1 Å². The van der Waals surface area contributed by atoms with E-state index in [1.54, 1.807) is 49.4 Å². The predicted molar refractivity (Wildman–Crippen MR) is 104 cm³/mol. The van der Waals surface area contributed by atoms with Gasteiger partial charge in [-0.3, -0.25) is 19.7 Å². The molecule has 2 N–H and O–H groups in total. The second-order valence-corrected chi connectivity index (χ2v) is 5.90. The van der Waals surface area contributed by atoms with Gasteiger partial charge in [-0.25, -0.2) is 0 Å². The molecule has 0 spiro atoms. The molecule has 1 aromatic heterocycles. The van der Waals surface area contributed by atoms with Crippen molar-refractivity contribution in [1.29, 1.82) is 0 Å². The zero-order valence-corrected chi connectivity index (χ0v) is 15.0. The van der Waals surface area contributed by atoms with Crippen LogP contribution in [0, 0.1) is 10.1 Å². The number of anilines is 2. The summed E-state index contributed by atoms with van der Waals surface area (Å²) in [6, 6.07) is 15.7. The number of nitrogens with zero attached hydrogens (tertiary/aromatic N) is 1. The summed E-state index contributed by atoms with van der Waals surface area (Å²) in [5.74, 6) is 0.0130. The molecule has 0 aliphatic heterocycles. The minimum Gasteiger partial charge on any atom is -0.451 e. The van der Waals surface area contributed by atoms with Gasteiger partial charge >= 0.3 is 0 Å². The van der Waals surface area contributed by atoms with E-state index in [0.29, 0.717) is 29.1 Å². The molecule has 0 aliphatic carbocycles. The van der Waals surface area contributed by atoms with Crippen molar-refractivity contribution in [1.82, 2.24) is 0 Å². The van der Waals surface area contributed by atoms with Crippen molar-refractivity contribution in [2.45, 2.75) is 13.3 Å². The molecule has 2 aromatic carbocycles. The van der Waals surface area contributed by atoms with E-state index in [9.17, 15) is 19.7 Å². The molecule has 3 rings (SSSR count). The van der Waals surface area contributed by atoms with E-state index in [2.05, 4.69) is 10.6 Å². The SMILES string of the molecule is CCC(=O)Nc1ccc(NC(=O)c2ccc(-c3ccc([N+](=O)[O-])cc3)o2)cc1. The van der Waals surface area contributed by atoms with E-state index in [1.807, 2.05) is 0 Å². The van der Waals surface area contributed by atoms with Crippen molar-refractivity contribution in [3.63, 3.8) is 0 Å². The number of nitro benzene ring substituents is 1. The van der Waals surface area contributed by atoms with Gasteiger partial charge in [0.2, 0.25) is 5.91 Å². The molecule has 0 fully saturated rings. The number of carbonyl (C=O) groups is 2. The van der Waals surface area contributed by atoms with Crippen LogP contribution in [-0.2, 0) is 4.79 Å². The van der Waals surface area contributed by atoms with Gasteiger partial charge in [0.15, 0.2) is 5.76 Å². The lowest BCUT2D eigenvalue weighted by atomic mass is 10.1. The van der Waals surface area contributed by atoms with Crippen LogP contribution in [0.25, 0.3) is 11.3 Å². The molecule has 28 heavy (non-hydrogen) atoms. The number of amides is 2. The van der Waals surface area contributed by atoms with E-state index in [-0.39, 0.29) is 17.4 Å². The third-order valence-corrected chi connectivity index (χ3v) is 3.94. The van der Waals surface area contributed by atoms with Gasteiger partial charge in [-0.2, -0.15) is 0 Å². The molecule has 0 unspecified atom stereocenters. The molecule has 8 nitrogen and oxygen atoms in total. The van der Waals surface area contributed by atoms with E-state index < -0.39 is 10.8 Å². The zero-order chi connectivity index (χ0) is 20.1. The van der Waals surface area contributed by atoms with Crippen LogP contribution in [0.2, 0.25) is 0 Å². The van der Waals surface area contributed by atoms with Crippen molar-refractivity contribution in [2.24, 2.45) is 0 Å². The summed E-state index contributed by atoms with van der Waals surface area (Å²) in [6.07, 6.45) is 0.383. The molecule has 3 aromatic rings. The minimum atomic E-state index is -0.482. The average molecular weight is 379 g/mol. The summed E-state index contributed by atoms with van der Waals surface area (Å²) >= 11 is 0. The van der Waals surface area contributed by atoms with Crippen LogP contribution in [0.3, 0.4) is 0 Å². The monoisotopic (exact) mass is 379 g/mol. The zero-order valence-electron chi connectivity index (χ0n) is 15.0. The summed E-state index contributed by atoms with van der Waals surface area (Å²) < 4.78 is 5.56. The normalized spacial score (nSPS) is 10.3. The summed E-state index contributed by atoms with van der Waals surface area (Å²) in [6.45, 7) is 1.76. The minimum absolute atomic E-state index is 0.0214. The Labute approximate surface area is 160 Å². The smallest absolute Gasteiger partial charge is 0.291 e. The molecular weight excluding hydrogens is 362 g/mol. The number of hydrogen-bond acceptors (Lipinski definition) is 5. The Hall–Kier alpha value is -3.94. The predicted octanol–water partition coefficient (Wildman–Crippen LogP) is 4.46. The Morgan fingerprint density at radius 2 is 1.54 bits per heavy atom. The molecule has 0 atom stereocenters. The van der Waals surface area contributed by atoms with Crippen LogP contribution in [0.5, 0.6) is 0 Å². The lowest BCUT2D eigenvalue weighted by Crippen LogP contribution is -2.11. The third-order valence-electron chi connectivity index (χ3n) is 3.94. The molecule has 0 saturated heterocycles. The largest absolute Gasteiger partial charge is 0.451 e. The van der Waals surface area contributed by atoms with Crippen molar-refractivity contribution >= 4 is 28.9 Å². The highest BCUT2D eigenvalue weighted by atomic mass is 16.6. The van der Waals surface area contributed by atoms with Crippen LogP contribution >= 0.6 is 0 Å². The van der Waals surface area contributed by atoms with Gasteiger partial charge in [0.05, 0.1) is 4.92 Å². The summed E-state index contributed by atoms with van der Waals surface area (Å²) in [4.78, 5) is 34.0. The Kier molecular flexibility index (Phi) is 5.50. The standard InChI is InChI=1S/C20H17N3O5/c1-2-19(24)21-14-5-7-15(8-6-14)22-20(25)18-12-11-17(28-18)13-3-9-16(10-4-13)23(26)27/h3-12H,2H2,1H3,(H,21,24)(H,22,25). The number of benzene rings is 2. The number of carbonyl (C=O) groups excluding carboxylic acids is 2. The maximum atomic E-state index is 12.3. The molecule has 1 heterocycles. The highest BCUT2D eigenvalue weighted by Gasteiger charge is 2.14. The van der Waals surface area contributed by atoms with Crippen LogP contribution in [0.15, 0.2) is 65.1 Å². The van der Waals surface area contributed by atoms with E-state index in [1.165, 1.54) is 18.2 Å². The Morgan fingerprint density at radius 3 is 2.11 bits per heavy atom. The fourth-order valence-electron chi connectivity index (χ4n) is 2.44. The number of hydrogen-bond donors (Lipinski definition) is 2. The van der Waals surface area contributed by atoms with Gasteiger partial charge in [-0.15, -0.1) is 0 Å². The number of nitro groups is 1. The van der Waals surface area contributed by atoms with Gasteiger partial charge in [-0.1, -0.05) is 6.92 Å².